The summed E-state index contributed by atoms with van der Waals surface area (Å²) >= 11 is 0. The van der Waals surface area contributed by atoms with E-state index in [9.17, 15) is 4.79 Å². The first-order valence-corrected chi connectivity index (χ1v) is 9.05. The molecule has 0 aliphatic heterocycles. The zero-order valence-electron chi connectivity index (χ0n) is 14.9. The summed E-state index contributed by atoms with van der Waals surface area (Å²) in [5, 5.41) is 7.04. The normalized spacial score (nSPS) is 21.2. The molecule has 1 aromatic carbocycles. The topological polar surface area (TPSA) is 94.0 Å². The third kappa shape index (κ3) is 3.90. The predicted molar refractivity (Wildman–Crippen MR) is 95.6 cm³/mol. The van der Waals surface area contributed by atoms with Gasteiger partial charge >= 0.3 is 0 Å². The second-order valence-electron chi connectivity index (χ2n) is 6.77. The monoisotopic (exact) mass is 342 g/mol. The van der Waals surface area contributed by atoms with Gasteiger partial charge in [0.2, 0.25) is 17.6 Å². The molecule has 1 aromatic heterocycles. The minimum absolute atomic E-state index is 0.00331. The molecule has 6 heteroatoms. The first kappa shape index (κ1) is 17.6. The Balaban J connectivity index is 1.65. The van der Waals surface area contributed by atoms with Crippen LogP contribution in [0, 0.1) is 11.8 Å². The first-order chi connectivity index (χ1) is 12.1. The number of benzene rings is 1. The molecular weight excluding hydrogens is 316 g/mol. The Kier molecular flexibility index (Phi) is 5.48. The highest BCUT2D eigenvalue weighted by Gasteiger charge is 2.33. The van der Waals surface area contributed by atoms with E-state index in [4.69, 9.17) is 10.3 Å². The van der Waals surface area contributed by atoms with Crippen molar-refractivity contribution in [2.75, 3.05) is 6.54 Å². The van der Waals surface area contributed by atoms with Crippen molar-refractivity contribution >= 4 is 5.91 Å². The molecule has 0 bridgehead atoms. The Bertz CT molecular complexity index is 710. The summed E-state index contributed by atoms with van der Waals surface area (Å²) < 4.78 is 5.35. The zero-order chi connectivity index (χ0) is 17.8. The number of nitrogens with one attached hydrogen (secondary N) is 1. The van der Waals surface area contributed by atoms with Crippen LogP contribution in [-0.2, 0) is 11.2 Å². The Morgan fingerprint density at radius 1 is 1.36 bits per heavy atom. The summed E-state index contributed by atoms with van der Waals surface area (Å²) in [5.41, 5.74) is 7.94. The molecule has 25 heavy (non-hydrogen) atoms. The van der Waals surface area contributed by atoms with Crippen LogP contribution < -0.4 is 11.1 Å². The highest BCUT2D eigenvalue weighted by atomic mass is 16.5. The fourth-order valence-corrected chi connectivity index (χ4v) is 3.46. The van der Waals surface area contributed by atoms with Crippen LogP contribution in [-0.4, -0.2) is 22.6 Å². The number of amides is 1. The number of nitrogens with zero attached hydrogens (tertiary/aromatic N) is 2. The van der Waals surface area contributed by atoms with Crippen LogP contribution in [0.1, 0.15) is 50.6 Å². The number of hydrogen-bond donors (Lipinski definition) is 2. The van der Waals surface area contributed by atoms with Gasteiger partial charge in [-0.3, -0.25) is 4.79 Å². The maximum Gasteiger partial charge on any atom is 0.249 e. The maximum atomic E-state index is 12.5. The Morgan fingerprint density at radius 3 is 2.80 bits per heavy atom. The molecule has 0 saturated heterocycles. The molecule has 3 N–H and O–H groups in total. The van der Waals surface area contributed by atoms with Gasteiger partial charge in [0.1, 0.15) is 6.04 Å². The second-order valence-corrected chi connectivity index (χ2v) is 6.77. The van der Waals surface area contributed by atoms with Crippen LogP contribution >= 0.6 is 0 Å². The lowest BCUT2D eigenvalue weighted by Crippen LogP contribution is -2.36. The fourth-order valence-electron chi connectivity index (χ4n) is 3.46. The average molecular weight is 342 g/mol. The van der Waals surface area contributed by atoms with Crippen molar-refractivity contribution in [3.8, 4) is 11.4 Å². The van der Waals surface area contributed by atoms with E-state index in [1.807, 2.05) is 19.1 Å². The van der Waals surface area contributed by atoms with Gasteiger partial charge < -0.3 is 15.6 Å². The molecule has 0 radical (unpaired) electrons. The number of carbonyl (C=O) groups excluding carboxylic acids is 1. The Labute approximate surface area is 148 Å². The molecule has 1 unspecified atom stereocenters. The molecule has 1 aliphatic rings. The largest absolute Gasteiger partial charge is 0.344 e. The van der Waals surface area contributed by atoms with E-state index >= 15 is 0 Å². The number of carbonyl (C=O) groups is 1. The quantitative estimate of drug-likeness (QED) is 0.842. The summed E-state index contributed by atoms with van der Waals surface area (Å²) in [4.78, 5) is 16.9. The van der Waals surface area contributed by atoms with E-state index in [-0.39, 0.29) is 23.8 Å². The van der Waals surface area contributed by atoms with Crippen molar-refractivity contribution in [2.45, 2.75) is 45.6 Å². The van der Waals surface area contributed by atoms with E-state index in [2.05, 4.69) is 34.5 Å². The zero-order valence-corrected chi connectivity index (χ0v) is 14.9. The molecule has 2 aromatic rings. The van der Waals surface area contributed by atoms with Gasteiger partial charge in [-0.2, -0.15) is 4.98 Å². The number of rotatable bonds is 6. The molecule has 134 valence electrons. The smallest absolute Gasteiger partial charge is 0.249 e. The molecule has 1 amide bonds. The van der Waals surface area contributed by atoms with Crippen LogP contribution in [0.4, 0.5) is 0 Å². The van der Waals surface area contributed by atoms with Gasteiger partial charge in [0.25, 0.3) is 0 Å². The summed E-state index contributed by atoms with van der Waals surface area (Å²) in [6.07, 6.45) is 3.99. The number of hydrogen-bond acceptors (Lipinski definition) is 5. The standard InChI is InChI=1S/C19H26N4O2/c1-3-13-7-9-14(10-8-13)17-22-19(25-23-17)12(2)21-18(24)16-6-4-5-15(16)11-20/h7-10,12,15-16H,3-6,11,20H2,1-2H3,(H,21,24)/t12?,15-,16-/m1/s1. The van der Waals surface area contributed by atoms with Gasteiger partial charge in [-0.1, -0.05) is 42.8 Å². The van der Waals surface area contributed by atoms with Crippen molar-refractivity contribution in [3.05, 3.63) is 35.7 Å². The van der Waals surface area contributed by atoms with Gasteiger partial charge in [-0.15, -0.1) is 0 Å². The van der Waals surface area contributed by atoms with E-state index < -0.39 is 0 Å². The minimum Gasteiger partial charge on any atom is -0.344 e. The summed E-state index contributed by atoms with van der Waals surface area (Å²) in [5.74, 6) is 1.27. The lowest BCUT2D eigenvalue weighted by atomic mass is 9.95. The molecule has 3 atom stereocenters. The molecule has 3 rings (SSSR count). The molecular formula is C19H26N4O2. The lowest BCUT2D eigenvalue weighted by molar-refractivity contribution is -0.126. The summed E-state index contributed by atoms with van der Waals surface area (Å²) in [7, 11) is 0. The summed E-state index contributed by atoms with van der Waals surface area (Å²) in [6.45, 7) is 4.54. The Morgan fingerprint density at radius 2 is 2.12 bits per heavy atom. The van der Waals surface area contributed by atoms with E-state index in [1.165, 1.54) is 5.56 Å². The highest BCUT2D eigenvalue weighted by molar-refractivity contribution is 5.79. The SMILES string of the molecule is CCc1ccc(-c2noc(C(C)NC(=O)[C@@H]3CCC[C@@H]3CN)n2)cc1. The lowest BCUT2D eigenvalue weighted by Gasteiger charge is -2.19. The van der Waals surface area contributed by atoms with Crippen molar-refractivity contribution in [2.24, 2.45) is 17.6 Å². The van der Waals surface area contributed by atoms with Crippen LogP contribution in [0.3, 0.4) is 0 Å². The van der Waals surface area contributed by atoms with Crippen LogP contribution in [0.2, 0.25) is 0 Å². The third-order valence-corrected chi connectivity index (χ3v) is 5.09. The molecule has 1 aliphatic carbocycles. The van der Waals surface area contributed by atoms with E-state index in [1.54, 1.807) is 0 Å². The van der Waals surface area contributed by atoms with E-state index in [0.717, 1.165) is 31.2 Å². The molecule has 6 nitrogen and oxygen atoms in total. The molecule has 1 saturated carbocycles. The van der Waals surface area contributed by atoms with Gasteiger partial charge in [0.05, 0.1) is 0 Å². The predicted octanol–water partition coefficient (Wildman–Crippen LogP) is 2.85. The molecule has 0 spiro atoms. The number of nitrogens with two attached hydrogens (primary N) is 1. The Hall–Kier alpha value is -2.21. The molecule has 1 heterocycles. The summed E-state index contributed by atoms with van der Waals surface area (Å²) in [6, 6.07) is 7.78. The third-order valence-electron chi connectivity index (χ3n) is 5.09. The fraction of sp³-hybridized carbons (Fsp3) is 0.526. The van der Waals surface area contributed by atoms with Gasteiger partial charge in [-0.25, -0.2) is 0 Å². The van der Waals surface area contributed by atoms with Crippen LogP contribution in [0.15, 0.2) is 28.8 Å². The minimum atomic E-state index is -0.317. The van der Waals surface area contributed by atoms with E-state index in [0.29, 0.717) is 18.3 Å². The second kappa shape index (κ2) is 7.78. The van der Waals surface area contributed by atoms with Crippen LogP contribution in [0.25, 0.3) is 11.4 Å². The number of aryl methyl sites for hydroxylation is 1. The van der Waals surface area contributed by atoms with Crippen molar-refractivity contribution in [3.63, 3.8) is 0 Å². The van der Waals surface area contributed by atoms with Crippen LogP contribution in [0.5, 0.6) is 0 Å². The van der Waals surface area contributed by atoms with Crippen molar-refractivity contribution < 1.29 is 9.32 Å². The van der Waals surface area contributed by atoms with Gasteiger partial charge in [0.15, 0.2) is 0 Å². The highest BCUT2D eigenvalue weighted by Crippen LogP contribution is 2.31. The van der Waals surface area contributed by atoms with Crippen molar-refractivity contribution in [1.29, 1.82) is 0 Å². The maximum absolute atomic E-state index is 12.5. The van der Waals surface area contributed by atoms with Crippen molar-refractivity contribution in [1.82, 2.24) is 15.5 Å². The first-order valence-electron chi connectivity index (χ1n) is 9.05. The van der Waals surface area contributed by atoms with Gasteiger partial charge in [0, 0.05) is 11.5 Å². The number of aromatic nitrogens is 2. The molecule has 1 fully saturated rings. The average Bonchev–Trinajstić information content (AvgIpc) is 3.31. The van der Waals surface area contributed by atoms with Gasteiger partial charge in [-0.05, 0) is 44.2 Å².